The van der Waals surface area contributed by atoms with Crippen LogP contribution in [0.1, 0.15) is 53.9 Å². The molecule has 0 radical (unpaired) electrons. The summed E-state index contributed by atoms with van der Waals surface area (Å²) in [4.78, 5) is 35.6. The fourth-order valence-electron chi connectivity index (χ4n) is 1.81. The summed E-state index contributed by atoms with van der Waals surface area (Å²) in [5.41, 5.74) is -1.57. The van der Waals surface area contributed by atoms with E-state index in [-0.39, 0.29) is 17.6 Å². The molecule has 0 aliphatic carbocycles. The zero-order chi connectivity index (χ0) is 19.7. The first kappa shape index (κ1) is 23.7. The molecule has 0 saturated carbocycles. The van der Waals surface area contributed by atoms with Gasteiger partial charge in [0.15, 0.2) is 5.78 Å². The van der Waals surface area contributed by atoms with Crippen LogP contribution in [-0.4, -0.2) is 54.6 Å². The molecule has 0 aromatic heterocycles. The Morgan fingerprint density at radius 1 is 1.08 bits per heavy atom. The predicted molar refractivity (Wildman–Crippen MR) is 96.8 cm³/mol. The van der Waals surface area contributed by atoms with E-state index >= 15 is 0 Å². The topological polar surface area (TPSA) is 93.7 Å². The minimum absolute atomic E-state index is 0.172. The van der Waals surface area contributed by atoms with Crippen molar-refractivity contribution in [1.29, 1.82) is 0 Å². The van der Waals surface area contributed by atoms with Crippen LogP contribution in [0.25, 0.3) is 0 Å². The molecule has 7 nitrogen and oxygen atoms in total. The number of hydrogen-bond donors (Lipinski definition) is 2. The van der Waals surface area contributed by atoms with Crippen LogP contribution in [0.5, 0.6) is 0 Å². The van der Waals surface area contributed by atoms with E-state index in [0.717, 1.165) is 0 Å². The Kier molecular flexibility index (Phi) is 10.0. The van der Waals surface area contributed by atoms with Crippen LogP contribution in [0.15, 0.2) is 0 Å². The van der Waals surface area contributed by atoms with Gasteiger partial charge in [-0.1, -0.05) is 0 Å². The third kappa shape index (κ3) is 10.3. The Labute approximate surface area is 155 Å². The van der Waals surface area contributed by atoms with Gasteiger partial charge in [-0.05, 0) is 53.9 Å². The van der Waals surface area contributed by atoms with Crippen molar-refractivity contribution in [2.75, 3.05) is 19.5 Å². The molecule has 0 rings (SSSR count). The molecule has 0 aromatic rings. The first-order chi connectivity index (χ1) is 11.4. The van der Waals surface area contributed by atoms with Crippen LogP contribution in [0.2, 0.25) is 0 Å². The molecule has 0 heterocycles. The molecule has 0 spiro atoms. The van der Waals surface area contributed by atoms with Gasteiger partial charge in [-0.3, -0.25) is 9.59 Å². The molecule has 0 aliphatic heterocycles. The van der Waals surface area contributed by atoms with Crippen LogP contribution in [0.4, 0.5) is 4.79 Å². The average Bonchev–Trinajstić information content (AvgIpc) is 2.50. The number of carbonyl (C=O) groups excluding carboxylic acids is 3. The molecule has 2 N–H and O–H groups in total. The van der Waals surface area contributed by atoms with Crippen LogP contribution in [-0.2, 0) is 19.1 Å². The summed E-state index contributed by atoms with van der Waals surface area (Å²) in [5, 5.41) is 5.33. The lowest BCUT2D eigenvalue weighted by atomic mass is 10.0. The number of Topliss-reactive ketones (excluding diaryl/α,β-unsaturated/α-hetero) is 1. The number of carbonyl (C=O) groups is 3. The van der Waals surface area contributed by atoms with Crippen molar-refractivity contribution in [1.82, 2.24) is 10.6 Å². The monoisotopic (exact) mass is 378 g/mol. The second kappa shape index (κ2) is 10.6. The number of methoxy groups -OCH3 is 1. The number of rotatable bonds is 10. The van der Waals surface area contributed by atoms with E-state index in [9.17, 15) is 14.4 Å². The lowest BCUT2D eigenvalue weighted by molar-refractivity contribution is -0.141. The number of ketones is 1. The SMILES string of the molecule is COC(C)(C)C(=O)N[C@@H](CCCCNC(=O)OC(C)(C)C)C(=O)CCl. The van der Waals surface area contributed by atoms with Crippen LogP contribution in [0.3, 0.4) is 0 Å². The third-order valence-corrected chi connectivity index (χ3v) is 3.73. The van der Waals surface area contributed by atoms with E-state index in [2.05, 4.69) is 10.6 Å². The highest BCUT2D eigenvalue weighted by molar-refractivity contribution is 6.28. The molecule has 2 amide bonds. The standard InChI is InChI=1S/C17H31ClN2O5/c1-16(2,3)25-15(23)19-10-8-7-9-12(13(21)11-18)20-14(22)17(4,5)24-6/h12H,7-11H2,1-6H3,(H,19,23)(H,20,22)/t12-/m0/s1. The van der Waals surface area contributed by atoms with Gasteiger partial charge in [0.25, 0.3) is 5.91 Å². The number of nitrogens with one attached hydrogen (secondary N) is 2. The Balaban J connectivity index is 4.32. The summed E-state index contributed by atoms with van der Waals surface area (Å²) in [6.07, 6.45) is 1.25. The number of amides is 2. The highest BCUT2D eigenvalue weighted by Crippen LogP contribution is 2.11. The van der Waals surface area contributed by atoms with E-state index in [1.165, 1.54) is 7.11 Å². The quantitative estimate of drug-likeness (QED) is 0.449. The molecule has 1 atom stereocenters. The lowest BCUT2D eigenvalue weighted by Crippen LogP contribution is -2.50. The van der Waals surface area contributed by atoms with Gasteiger partial charge >= 0.3 is 6.09 Å². The first-order valence-electron chi connectivity index (χ1n) is 8.34. The summed E-state index contributed by atoms with van der Waals surface area (Å²) >= 11 is 5.62. The minimum Gasteiger partial charge on any atom is -0.444 e. The number of alkyl carbamates (subject to hydrolysis) is 1. The van der Waals surface area contributed by atoms with Gasteiger partial charge in [0, 0.05) is 13.7 Å². The maximum Gasteiger partial charge on any atom is 0.407 e. The van der Waals surface area contributed by atoms with Gasteiger partial charge in [0.05, 0.1) is 11.9 Å². The second-order valence-corrected chi connectivity index (χ2v) is 7.53. The van der Waals surface area contributed by atoms with Gasteiger partial charge < -0.3 is 20.1 Å². The number of hydrogen-bond acceptors (Lipinski definition) is 5. The van der Waals surface area contributed by atoms with Crippen molar-refractivity contribution in [2.45, 2.75) is 71.1 Å². The molecule has 0 aliphatic rings. The number of unbranched alkanes of at least 4 members (excludes halogenated alkanes) is 1. The summed E-state index contributed by atoms with van der Waals surface area (Å²) < 4.78 is 10.2. The summed E-state index contributed by atoms with van der Waals surface area (Å²) in [6.45, 7) is 9.04. The second-order valence-electron chi connectivity index (χ2n) is 7.26. The summed E-state index contributed by atoms with van der Waals surface area (Å²) in [7, 11) is 1.43. The fourth-order valence-corrected chi connectivity index (χ4v) is 2.00. The van der Waals surface area contributed by atoms with Crippen LogP contribution in [0, 0.1) is 0 Å². The smallest absolute Gasteiger partial charge is 0.407 e. The van der Waals surface area contributed by atoms with Gasteiger partial charge in [-0.25, -0.2) is 4.79 Å². The molecule has 0 saturated heterocycles. The Bertz CT molecular complexity index is 460. The molecule has 25 heavy (non-hydrogen) atoms. The zero-order valence-corrected chi connectivity index (χ0v) is 16.8. The van der Waals surface area contributed by atoms with E-state index < -0.39 is 23.3 Å². The average molecular weight is 379 g/mol. The van der Waals surface area contributed by atoms with Crippen LogP contribution < -0.4 is 10.6 Å². The number of alkyl halides is 1. The Morgan fingerprint density at radius 2 is 1.68 bits per heavy atom. The Hall–Kier alpha value is -1.34. The predicted octanol–water partition coefficient (Wildman–Crippen LogP) is 2.40. The van der Waals surface area contributed by atoms with Crippen molar-refractivity contribution < 1.29 is 23.9 Å². The molecular formula is C17H31ClN2O5. The molecule has 0 unspecified atom stereocenters. The van der Waals surface area contributed by atoms with Crippen LogP contribution >= 0.6 is 11.6 Å². The highest BCUT2D eigenvalue weighted by Gasteiger charge is 2.30. The fraction of sp³-hybridized carbons (Fsp3) is 0.824. The maximum absolute atomic E-state index is 12.1. The first-order valence-corrected chi connectivity index (χ1v) is 8.88. The van der Waals surface area contributed by atoms with E-state index in [4.69, 9.17) is 21.1 Å². The maximum atomic E-state index is 12.1. The molecule has 0 fully saturated rings. The van der Waals surface area contributed by atoms with E-state index in [1.54, 1.807) is 34.6 Å². The van der Waals surface area contributed by atoms with Crippen molar-refractivity contribution >= 4 is 29.4 Å². The Morgan fingerprint density at radius 3 is 2.16 bits per heavy atom. The van der Waals surface area contributed by atoms with Gasteiger partial charge in [-0.15, -0.1) is 11.6 Å². The number of halogens is 1. The van der Waals surface area contributed by atoms with Crippen molar-refractivity contribution in [3.05, 3.63) is 0 Å². The largest absolute Gasteiger partial charge is 0.444 e. The number of ether oxygens (including phenoxy) is 2. The van der Waals surface area contributed by atoms with Gasteiger partial charge in [-0.2, -0.15) is 0 Å². The van der Waals surface area contributed by atoms with Crippen molar-refractivity contribution in [3.8, 4) is 0 Å². The zero-order valence-electron chi connectivity index (χ0n) is 16.0. The molecule has 146 valence electrons. The molecular weight excluding hydrogens is 348 g/mol. The van der Waals surface area contributed by atoms with E-state index in [1.807, 2.05) is 0 Å². The summed E-state index contributed by atoms with van der Waals surface area (Å²) in [5.74, 6) is -0.790. The minimum atomic E-state index is -1.02. The lowest BCUT2D eigenvalue weighted by Gasteiger charge is -2.25. The van der Waals surface area contributed by atoms with E-state index in [0.29, 0.717) is 25.8 Å². The molecule has 0 bridgehead atoms. The normalized spacial score (nSPS) is 13.1. The molecule has 8 heteroatoms. The van der Waals surface area contributed by atoms with Crippen molar-refractivity contribution in [2.24, 2.45) is 0 Å². The van der Waals surface area contributed by atoms with Gasteiger partial charge in [0.2, 0.25) is 0 Å². The van der Waals surface area contributed by atoms with Crippen molar-refractivity contribution in [3.63, 3.8) is 0 Å². The third-order valence-electron chi connectivity index (χ3n) is 3.47. The summed E-state index contributed by atoms with van der Waals surface area (Å²) in [6, 6.07) is -0.666. The highest BCUT2D eigenvalue weighted by atomic mass is 35.5. The van der Waals surface area contributed by atoms with Gasteiger partial charge in [0.1, 0.15) is 11.2 Å². The molecule has 0 aromatic carbocycles.